The lowest BCUT2D eigenvalue weighted by Crippen LogP contribution is -2.47. The summed E-state index contributed by atoms with van der Waals surface area (Å²) in [6.07, 6.45) is 0.471. The Morgan fingerprint density at radius 1 is 1.52 bits per heavy atom. The van der Waals surface area contributed by atoms with Crippen LogP contribution in [0.3, 0.4) is 0 Å². The summed E-state index contributed by atoms with van der Waals surface area (Å²) in [5, 5.41) is 9.25. The van der Waals surface area contributed by atoms with Crippen LogP contribution in [0.4, 0.5) is 0 Å². The first-order chi connectivity index (χ1) is 10.0. The summed E-state index contributed by atoms with van der Waals surface area (Å²) in [5.41, 5.74) is 1.04. The summed E-state index contributed by atoms with van der Waals surface area (Å²) in [7, 11) is 0. The van der Waals surface area contributed by atoms with Crippen LogP contribution in [0.5, 0.6) is 0 Å². The number of rotatable bonds is 2. The Labute approximate surface area is 134 Å². The van der Waals surface area contributed by atoms with Gasteiger partial charge < -0.3 is 10.0 Å². The van der Waals surface area contributed by atoms with Crippen LogP contribution in [0, 0.1) is 18.8 Å². The molecule has 5 heteroatoms. The summed E-state index contributed by atoms with van der Waals surface area (Å²) in [6, 6.07) is 2.21. The van der Waals surface area contributed by atoms with Crippen LogP contribution in [0.15, 0.2) is 6.07 Å². The molecule has 21 heavy (non-hydrogen) atoms. The largest absolute Gasteiger partial charge is 0.395 e. The maximum Gasteiger partial charge on any atom is 0.264 e. The standard InChI is InChI=1S/C16H21NO2S2/c1-11-10-15(21-14(11)6-4-5-8-18)16(19)17-7-9-20-13(3)12(17)2/h10,12-13,18H,5,7-9H2,1-3H3. The van der Waals surface area contributed by atoms with Gasteiger partial charge in [0, 0.05) is 30.0 Å². The molecule has 1 aromatic rings. The molecule has 1 aliphatic rings. The highest BCUT2D eigenvalue weighted by atomic mass is 32.2. The fourth-order valence-corrected chi connectivity index (χ4v) is 4.37. The Balaban J connectivity index is 2.17. The zero-order valence-corrected chi connectivity index (χ0v) is 14.3. The molecule has 2 heterocycles. The molecular weight excluding hydrogens is 302 g/mol. The van der Waals surface area contributed by atoms with Gasteiger partial charge in [0.05, 0.1) is 16.4 Å². The average Bonchev–Trinajstić information content (AvgIpc) is 2.83. The van der Waals surface area contributed by atoms with Gasteiger partial charge >= 0.3 is 0 Å². The van der Waals surface area contributed by atoms with Crippen LogP contribution in [-0.4, -0.2) is 46.1 Å². The Bertz CT molecular complexity index is 571. The van der Waals surface area contributed by atoms with Crippen LogP contribution in [0.25, 0.3) is 0 Å². The molecule has 1 aromatic heterocycles. The van der Waals surface area contributed by atoms with Gasteiger partial charge in [-0.2, -0.15) is 11.8 Å². The van der Waals surface area contributed by atoms with Crippen molar-refractivity contribution in [3.05, 3.63) is 21.4 Å². The third-order valence-corrected chi connectivity index (χ3v) is 6.19. The topological polar surface area (TPSA) is 40.5 Å². The fourth-order valence-electron chi connectivity index (χ4n) is 2.27. The van der Waals surface area contributed by atoms with Crippen molar-refractivity contribution in [3.63, 3.8) is 0 Å². The third-order valence-electron chi connectivity index (χ3n) is 3.71. The minimum atomic E-state index is 0.0735. The first-order valence-electron chi connectivity index (χ1n) is 7.17. The highest BCUT2D eigenvalue weighted by molar-refractivity contribution is 8.00. The zero-order chi connectivity index (χ0) is 15.4. The molecule has 1 N–H and O–H groups in total. The first-order valence-corrected chi connectivity index (χ1v) is 9.04. The molecule has 1 saturated heterocycles. The normalized spacial score (nSPS) is 21.8. The molecular formula is C16H21NO2S2. The van der Waals surface area contributed by atoms with Gasteiger partial charge in [0.2, 0.25) is 0 Å². The van der Waals surface area contributed by atoms with Gasteiger partial charge in [0.15, 0.2) is 0 Å². The zero-order valence-electron chi connectivity index (χ0n) is 12.7. The van der Waals surface area contributed by atoms with Gasteiger partial charge in [-0.25, -0.2) is 0 Å². The number of hydrogen-bond donors (Lipinski definition) is 1. The van der Waals surface area contributed by atoms with E-state index in [2.05, 4.69) is 25.7 Å². The van der Waals surface area contributed by atoms with Gasteiger partial charge in [-0.05, 0) is 25.5 Å². The van der Waals surface area contributed by atoms with E-state index in [0.29, 0.717) is 11.7 Å². The second kappa shape index (κ2) is 7.35. The predicted octanol–water partition coefficient (Wildman–Crippen LogP) is 2.76. The van der Waals surface area contributed by atoms with Crippen molar-refractivity contribution in [2.24, 2.45) is 0 Å². The van der Waals surface area contributed by atoms with E-state index >= 15 is 0 Å². The molecule has 2 atom stereocenters. The van der Waals surface area contributed by atoms with Crippen molar-refractivity contribution in [2.45, 2.75) is 38.5 Å². The van der Waals surface area contributed by atoms with E-state index in [-0.39, 0.29) is 18.6 Å². The summed E-state index contributed by atoms with van der Waals surface area (Å²) in [5.74, 6) is 7.10. The van der Waals surface area contributed by atoms with E-state index < -0.39 is 0 Å². The molecule has 0 saturated carbocycles. The van der Waals surface area contributed by atoms with Crippen LogP contribution in [-0.2, 0) is 0 Å². The summed E-state index contributed by atoms with van der Waals surface area (Å²) >= 11 is 3.39. The van der Waals surface area contributed by atoms with Crippen molar-refractivity contribution in [2.75, 3.05) is 18.9 Å². The average molecular weight is 323 g/mol. The minimum Gasteiger partial charge on any atom is -0.395 e. The van der Waals surface area contributed by atoms with E-state index in [0.717, 1.165) is 27.6 Å². The Morgan fingerprint density at radius 3 is 3.00 bits per heavy atom. The Morgan fingerprint density at radius 2 is 2.29 bits per heavy atom. The molecule has 0 radical (unpaired) electrons. The molecule has 1 amide bonds. The summed E-state index contributed by atoms with van der Waals surface area (Å²) < 4.78 is 0. The molecule has 0 spiro atoms. The number of nitrogens with zero attached hydrogens (tertiary/aromatic N) is 1. The molecule has 0 aromatic carbocycles. The van der Waals surface area contributed by atoms with Gasteiger partial charge in [0.1, 0.15) is 0 Å². The predicted molar refractivity (Wildman–Crippen MR) is 90.1 cm³/mol. The third kappa shape index (κ3) is 3.82. The number of amides is 1. The monoisotopic (exact) mass is 323 g/mol. The van der Waals surface area contributed by atoms with Crippen LogP contribution in [0.2, 0.25) is 0 Å². The number of thioether (sulfide) groups is 1. The lowest BCUT2D eigenvalue weighted by molar-refractivity contribution is 0.0703. The lowest BCUT2D eigenvalue weighted by Gasteiger charge is -2.37. The number of thiophene rings is 1. The fraction of sp³-hybridized carbons (Fsp3) is 0.562. The quantitative estimate of drug-likeness (QED) is 0.851. The number of aryl methyl sites for hydroxylation is 1. The second-order valence-corrected chi connectivity index (χ2v) is 7.75. The lowest BCUT2D eigenvalue weighted by atomic mass is 10.2. The molecule has 114 valence electrons. The van der Waals surface area contributed by atoms with Gasteiger partial charge in [-0.3, -0.25) is 4.79 Å². The van der Waals surface area contributed by atoms with Crippen molar-refractivity contribution >= 4 is 29.0 Å². The Kier molecular flexibility index (Phi) is 5.74. The van der Waals surface area contributed by atoms with Gasteiger partial charge in [-0.1, -0.05) is 18.8 Å². The van der Waals surface area contributed by atoms with Crippen molar-refractivity contribution < 1.29 is 9.90 Å². The van der Waals surface area contributed by atoms with Gasteiger partial charge in [0.25, 0.3) is 5.91 Å². The Hall–Kier alpha value is -0.960. The summed E-state index contributed by atoms with van der Waals surface area (Å²) in [6.45, 7) is 7.17. The second-order valence-electron chi connectivity index (χ2n) is 5.21. The van der Waals surface area contributed by atoms with E-state index in [4.69, 9.17) is 5.11 Å². The number of carbonyl (C=O) groups is 1. The van der Waals surface area contributed by atoms with Crippen LogP contribution in [0.1, 0.15) is 40.4 Å². The van der Waals surface area contributed by atoms with Crippen molar-refractivity contribution in [1.29, 1.82) is 0 Å². The molecule has 1 fully saturated rings. The summed E-state index contributed by atoms with van der Waals surface area (Å²) in [4.78, 5) is 16.4. The smallest absolute Gasteiger partial charge is 0.264 e. The van der Waals surface area contributed by atoms with Crippen LogP contribution < -0.4 is 0 Å². The SMILES string of the molecule is Cc1cc(C(=O)N2CCSC(C)C2C)sc1C#CCCO. The highest BCUT2D eigenvalue weighted by Gasteiger charge is 2.30. The molecule has 2 unspecified atom stereocenters. The maximum atomic E-state index is 12.7. The number of carbonyl (C=O) groups excluding carboxylic acids is 1. The number of aliphatic hydroxyl groups excluding tert-OH is 1. The molecule has 0 aliphatic carbocycles. The van der Waals surface area contributed by atoms with Crippen LogP contribution >= 0.6 is 23.1 Å². The molecule has 0 bridgehead atoms. The minimum absolute atomic E-state index is 0.0735. The number of aliphatic hydroxyl groups is 1. The number of hydrogen-bond acceptors (Lipinski definition) is 4. The molecule has 1 aliphatic heterocycles. The van der Waals surface area contributed by atoms with E-state index in [1.165, 1.54) is 11.3 Å². The van der Waals surface area contributed by atoms with Crippen molar-refractivity contribution in [3.8, 4) is 11.8 Å². The van der Waals surface area contributed by atoms with E-state index in [9.17, 15) is 4.79 Å². The molecule has 2 rings (SSSR count). The maximum absolute atomic E-state index is 12.7. The van der Waals surface area contributed by atoms with Crippen molar-refractivity contribution in [1.82, 2.24) is 4.90 Å². The van der Waals surface area contributed by atoms with Gasteiger partial charge in [-0.15, -0.1) is 11.3 Å². The first kappa shape index (κ1) is 16.4. The molecule has 3 nitrogen and oxygen atoms in total. The van der Waals surface area contributed by atoms with E-state index in [1.807, 2.05) is 29.7 Å². The van der Waals surface area contributed by atoms with E-state index in [1.54, 1.807) is 0 Å². The highest BCUT2D eigenvalue weighted by Crippen LogP contribution is 2.28.